The van der Waals surface area contributed by atoms with Gasteiger partial charge in [0, 0.05) is 10.7 Å². The predicted molar refractivity (Wildman–Crippen MR) is 90.4 cm³/mol. The van der Waals surface area contributed by atoms with E-state index in [1.807, 2.05) is 11.0 Å². The minimum atomic E-state index is 0.847. The molecule has 2 fully saturated rings. The van der Waals surface area contributed by atoms with Crippen LogP contribution >= 0.6 is 11.6 Å². The SMILES string of the molecule is CCC1CCC([NH+]2CCN(c3cccc(Cl)c3)CC2)CC1. The maximum absolute atomic E-state index is 6.11. The molecular formula is C18H28ClN2+. The van der Waals surface area contributed by atoms with Crippen LogP contribution in [0.4, 0.5) is 5.69 Å². The van der Waals surface area contributed by atoms with Gasteiger partial charge in [0.15, 0.2) is 0 Å². The van der Waals surface area contributed by atoms with Crippen LogP contribution in [0.2, 0.25) is 5.02 Å². The van der Waals surface area contributed by atoms with E-state index in [1.54, 1.807) is 0 Å². The summed E-state index contributed by atoms with van der Waals surface area (Å²) in [5.74, 6) is 1.01. The summed E-state index contributed by atoms with van der Waals surface area (Å²) in [6.45, 7) is 7.26. The van der Waals surface area contributed by atoms with Gasteiger partial charge in [0.1, 0.15) is 0 Å². The molecule has 0 atom stereocenters. The van der Waals surface area contributed by atoms with Gasteiger partial charge in [-0.2, -0.15) is 0 Å². The Morgan fingerprint density at radius 3 is 2.48 bits per heavy atom. The van der Waals surface area contributed by atoms with Gasteiger partial charge < -0.3 is 9.80 Å². The first-order chi connectivity index (χ1) is 10.3. The summed E-state index contributed by atoms with van der Waals surface area (Å²) in [6.07, 6.45) is 7.20. The summed E-state index contributed by atoms with van der Waals surface area (Å²) >= 11 is 6.11. The normalized spacial score (nSPS) is 27.8. The second-order valence-electron chi connectivity index (χ2n) is 6.75. The molecule has 1 aromatic rings. The van der Waals surface area contributed by atoms with Crippen LogP contribution < -0.4 is 9.80 Å². The molecule has 0 spiro atoms. The Kier molecular flexibility index (Phi) is 5.07. The van der Waals surface area contributed by atoms with Crippen LogP contribution in [0.5, 0.6) is 0 Å². The molecule has 1 saturated heterocycles. The molecule has 1 heterocycles. The maximum atomic E-state index is 6.11. The Balaban J connectivity index is 1.51. The van der Waals surface area contributed by atoms with Crippen LogP contribution in [0.25, 0.3) is 0 Å². The van der Waals surface area contributed by atoms with Crippen LogP contribution in [-0.4, -0.2) is 32.2 Å². The first kappa shape index (κ1) is 15.2. The molecule has 0 bridgehead atoms. The van der Waals surface area contributed by atoms with E-state index in [9.17, 15) is 0 Å². The molecule has 1 aromatic carbocycles. The van der Waals surface area contributed by atoms with E-state index in [1.165, 1.54) is 64.0 Å². The van der Waals surface area contributed by atoms with Crippen LogP contribution in [0, 0.1) is 5.92 Å². The van der Waals surface area contributed by atoms with Gasteiger partial charge >= 0.3 is 0 Å². The zero-order valence-electron chi connectivity index (χ0n) is 13.2. The van der Waals surface area contributed by atoms with E-state index in [4.69, 9.17) is 11.6 Å². The molecule has 2 aliphatic rings. The standard InChI is InChI=1S/C18H27ClN2/c1-2-15-6-8-17(9-7-15)20-10-12-21(13-11-20)18-5-3-4-16(19)14-18/h3-5,14-15,17H,2,6-13H2,1H3/p+1. The Morgan fingerprint density at radius 2 is 1.86 bits per heavy atom. The van der Waals surface area contributed by atoms with E-state index in [2.05, 4.69) is 30.0 Å². The highest BCUT2D eigenvalue weighted by Gasteiger charge is 2.30. The third kappa shape index (κ3) is 3.73. The van der Waals surface area contributed by atoms with Gasteiger partial charge in [-0.3, -0.25) is 0 Å². The number of benzene rings is 1. The molecular weight excluding hydrogens is 280 g/mol. The van der Waals surface area contributed by atoms with Crippen LogP contribution in [0.15, 0.2) is 24.3 Å². The minimum absolute atomic E-state index is 0.847. The fourth-order valence-electron chi connectivity index (χ4n) is 4.11. The van der Waals surface area contributed by atoms with Crippen molar-refractivity contribution in [2.45, 2.75) is 45.1 Å². The van der Waals surface area contributed by atoms with Crippen LogP contribution in [0.1, 0.15) is 39.0 Å². The number of quaternary nitrogens is 1. The second-order valence-corrected chi connectivity index (χ2v) is 7.19. The lowest BCUT2D eigenvalue weighted by atomic mass is 9.84. The average molecular weight is 308 g/mol. The predicted octanol–water partition coefficient (Wildman–Crippen LogP) is 3.01. The Bertz CT molecular complexity index is 446. The van der Waals surface area contributed by atoms with Crippen molar-refractivity contribution in [1.82, 2.24) is 0 Å². The molecule has 0 radical (unpaired) electrons. The maximum Gasteiger partial charge on any atom is 0.0951 e. The lowest BCUT2D eigenvalue weighted by Crippen LogP contribution is -3.18. The van der Waals surface area contributed by atoms with Gasteiger partial charge in [-0.25, -0.2) is 0 Å². The molecule has 3 rings (SSSR count). The second kappa shape index (κ2) is 7.02. The zero-order valence-corrected chi connectivity index (χ0v) is 13.9. The van der Waals surface area contributed by atoms with Crippen LogP contribution in [-0.2, 0) is 0 Å². The zero-order chi connectivity index (χ0) is 14.7. The van der Waals surface area contributed by atoms with Crippen molar-refractivity contribution in [2.75, 3.05) is 31.1 Å². The van der Waals surface area contributed by atoms with E-state index in [0.717, 1.165) is 17.0 Å². The molecule has 21 heavy (non-hydrogen) atoms. The molecule has 3 heteroatoms. The summed E-state index contributed by atoms with van der Waals surface area (Å²) in [5, 5.41) is 0.847. The van der Waals surface area contributed by atoms with Crippen molar-refractivity contribution in [2.24, 2.45) is 5.92 Å². The Morgan fingerprint density at radius 1 is 1.14 bits per heavy atom. The van der Waals surface area contributed by atoms with E-state index in [-0.39, 0.29) is 0 Å². The van der Waals surface area contributed by atoms with E-state index in [0.29, 0.717) is 0 Å². The topological polar surface area (TPSA) is 7.68 Å². The number of anilines is 1. The fourth-order valence-corrected chi connectivity index (χ4v) is 4.30. The Labute approximate surface area is 134 Å². The number of piperazine rings is 1. The molecule has 0 unspecified atom stereocenters. The molecule has 2 nitrogen and oxygen atoms in total. The number of rotatable bonds is 3. The number of nitrogens with zero attached hydrogens (tertiary/aromatic N) is 1. The molecule has 1 saturated carbocycles. The molecule has 1 aliphatic heterocycles. The summed E-state index contributed by atoms with van der Waals surface area (Å²) in [7, 11) is 0. The summed E-state index contributed by atoms with van der Waals surface area (Å²) in [5.41, 5.74) is 1.29. The summed E-state index contributed by atoms with van der Waals surface area (Å²) in [6, 6.07) is 9.22. The van der Waals surface area contributed by atoms with Crippen molar-refractivity contribution in [1.29, 1.82) is 0 Å². The highest BCUT2D eigenvalue weighted by molar-refractivity contribution is 6.30. The number of hydrogen-bond donors (Lipinski definition) is 1. The van der Waals surface area contributed by atoms with Gasteiger partial charge in [-0.1, -0.05) is 31.0 Å². The molecule has 1 N–H and O–H groups in total. The monoisotopic (exact) mass is 307 g/mol. The smallest absolute Gasteiger partial charge is 0.0951 e. The lowest BCUT2D eigenvalue weighted by Gasteiger charge is -2.40. The lowest BCUT2D eigenvalue weighted by molar-refractivity contribution is -0.927. The third-order valence-electron chi connectivity index (χ3n) is 5.58. The Hall–Kier alpha value is -0.730. The molecule has 0 aromatic heterocycles. The summed E-state index contributed by atoms with van der Waals surface area (Å²) in [4.78, 5) is 4.34. The molecule has 0 amide bonds. The third-order valence-corrected chi connectivity index (χ3v) is 5.82. The number of halogens is 1. The largest absolute Gasteiger partial charge is 0.360 e. The van der Waals surface area contributed by atoms with Crippen molar-refractivity contribution in [3.63, 3.8) is 0 Å². The highest BCUT2D eigenvalue weighted by Crippen LogP contribution is 2.25. The number of nitrogens with one attached hydrogen (secondary N) is 1. The van der Waals surface area contributed by atoms with Crippen molar-refractivity contribution < 1.29 is 4.90 Å². The van der Waals surface area contributed by atoms with Gasteiger partial charge in [0.25, 0.3) is 0 Å². The van der Waals surface area contributed by atoms with Crippen molar-refractivity contribution in [3.8, 4) is 0 Å². The molecule has 1 aliphatic carbocycles. The van der Waals surface area contributed by atoms with Gasteiger partial charge in [-0.05, 0) is 49.8 Å². The number of hydrogen-bond acceptors (Lipinski definition) is 1. The van der Waals surface area contributed by atoms with E-state index < -0.39 is 0 Å². The van der Waals surface area contributed by atoms with Crippen molar-refractivity contribution >= 4 is 17.3 Å². The first-order valence-electron chi connectivity index (χ1n) is 8.61. The highest BCUT2D eigenvalue weighted by atomic mass is 35.5. The first-order valence-corrected chi connectivity index (χ1v) is 8.99. The summed E-state index contributed by atoms with van der Waals surface area (Å²) < 4.78 is 0. The van der Waals surface area contributed by atoms with Gasteiger partial charge in [0.2, 0.25) is 0 Å². The average Bonchev–Trinajstić information content (AvgIpc) is 2.55. The fraction of sp³-hybridized carbons (Fsp3) is 0.667. The van der Waals surface area contributed by atoms with E-state index >= 15 is 0 Å². The van der Waals surface area contributed by atoms with Gasteiger partial charge in [-0.15, -0.1) is 0 Å². The molecule has 116 valence electrons. The van der Waals surface area contributed by atoms with Crippen LogP contribution in [0.3, 0.4) is 0 Å². The quantitative estimate of drug-likeness (QED) is 0.902. The van der Waals surface area contributed by atoms with Gasteiger partial charge in [0.05, 0.1) is 32.2 Å². The minimum Gasteiger partial charge on any atom is -0.360 e. The van der Waals surface area contributed by atoms with Crippen molar-refractivity contribution in [3.05, 3.63) is 29.3 Å².